The molecule has 126 valence electrons. The number of nitrogens with zero attached hydrogens (tertiary/aromatic N) is 5. The summed E-state index contributed by atoms with van der Waals surface area (Å²) in [5, 5.41) is 23.7. The van der Waals surface area contributed by atoms with Crippen LogP contribution >= 0.6 is 11.8 Å². The van der Waals surface area contributed by atoms with Crippen LogP contribution in [0.25, 0.3) is 0 Å². The van der Waals surface area contributed by atoms with E-state index in [0.717, 1.165) is 5.75 Å². The Labute approximate surface area is 148 Å². The van der Waals surface area contributed by atoms with Gasteiger partial charge in [-0.1, -0.05) is 53.7 Å². The number of nitro benzene ring substituents is 1. The molecule has 0 N–H and O–H groups in total. The summed E-state index contributed by atoms with van der Waals surface area (Å²) in [6.07, 6.45) is 3.05. The average molecular weight is 353 g/mol. The van der Waals surface area contributed by atoms with E-state index in [2.05, 4.69) is 46.5 Å². The van der Waals surface area contributed by atoms with E-state index in [1.165, 1.54) is 41.3 Å². The van der Waals surface area contributed by atoms with Crippen molar-refractivity contribution in [3.63, 3.8) is 0 Å². The molecule has 7 nitrogen and oxygen atoms in total. The van der Waals surface area contributed by atoms with E-state index < -0.39 is 4.92 Å². The number of aryl methyl sites for hydroxylation is 1. The molecule has 0 fully saturated rings. The molecular formula is C17H15N5O2S. The lowest BCUT2D eigenvalue weighted by Gasteiger charge is -2.02. The van der Waals surface area contributed by atoms with Crippen LogP contribution in [0.1, 0.15) is 16.7 Å². The Morgan fingerprint density at radius 3 is 2.84 bits per heavy atom. The molecule has 0 radical (unpaired) electrons. The zero-order chi connectivity index (χ0) is 17.6. The quantitative estimate of drug-likeness (QED) is 0.292. The minimum Gasteiger partial charge on any atom is -0.258 e. The molecule has 0 bridgehead atoms. The summed E-state index contributed by atoms with van der Waals surface area (Å²) < 4.78 is 1.55. The highest BCUT2D eigenvalue weighted by molar-refractivity contribution is 7.98. The first-order chi connectivity index (χ1) is 12.1. The van der Waals surface area contributed by atoms with Gasteiger partial charge in [-0.2, -0.15) is 9.78 Å². The summed E-state index contributed by atoms with van der Waals surface area (Å²) in [6, 6.07) is 14.6. The van der Waals surface area contributed by atoms with E-state index >= 15 is 0 Å². The van der Waals surface area contributed by atoms with E-state index in [9.17, 15) is 10.1 Å². The van der Waals surface area contributed by atoms with Gasteiger partial charge in [-0.15, -0.1) is 10.2 Å². The Bertz CT molecular complexity index is 905. The molecule has 3 rings (SSSR count). The first-order valence-corrected chi connectivity index (χ1v) is 8.47. The molecule has 3 aromatic rings. The van der Waals surface area contributed by atoms with Gasteiger partial charge < -0.3 is 0 Å². The average Bonchev–Trinajstić information content (AvgIpc) is 3.07. The van der Waals surface area contributed by atoms with E-state index in [-0.39, 0.29) is 5.69 Å². The van der Waals surface area contributed by atoms with Gasteiger partial charge in [0.2, 0.25) is 5.16 Å². The van der Waals surface area contributed by atoms with E-state index in [1.54, 1.807) is 23.0 Å². The lowest BCUT2D eigenvalue weighted by Crippen LogP contribution is -1.94. The van der Waals surface area contributed by atoms with E-state index in [0.29, 0.717) is 10.7 Å². The van der Waals surface area contributed by atoms with Crippen molar-refractivity contribution in [3.8, 4) is 0 Å². The van der Waals surface area contributed by atoms with Crippen molar-refractivity contribution in [3.05, 3.63) is 81.7 Å². The van der Waals surface area contributed by atoms with E-state index in [1.807, 2.05) is 0 Å². The highest BCUT2D eigenvalue weighted by atomic mass is 32.2. The second-order valence-electron chi connectivity index (χ2n) is 5.33. The van der Waals surface area contributed by atoms with Crippen LogP contribution < -0.4 is 0 Å². The third kappa shape index (κ3) is 4.51. The second-order valence-corrected chi connectivity index (χ2v) is 6.27. The molecule has 0 aliphatic carbocycles. The Morgan fingerprint density at radius 2 is 2.08 bits per heavy atom. The van der Waals surface area contributed by atoms with Crippen molar-refractivity contribution < 1.29 is 4.92 Å². The zero-order valence-corrected chi connectivity index (χ0v) is 14.3. The maximum absolute atomic E-state index is 10.8. The molecule has 0 aliphatic rings. The minimum atomic E-state index is -0.432. The molecule has 1 heterocycles. The molecule has 0 unspecified atom stereocenters. The van der Waals surface area contributed by atoms with Crippen LogP contribution in [0.5, 0.6) is 0 Å². The summed E-state index contributed by atoms with van der Waals surface area (Å²) in [6.45, 7) is 2.05. The van der Waals surface area contributed by atoms with Gasteiger partial charge in [-0.25, -0.2) is 0 Å². The Morgan fingerprint density at radius 1 is 1.28 bits per heavy atom. The standard InChI is InChI=1S/C17H15N5O2S/c1-13-5-7-14(8-6-13)11-25-17-20-18-12-21(17)19-10-15-3-2-4-16(9-15)22(23)24/h2-10,12H,11H2,1H3/b19-10-. The Balaban J connectivity index is 1.70. The monoisotopic (exact) mass is 353 g/mol. The lowest BCUT2D eigenvalue weighted by molar-refractivity contribution is -0.384. The molecule has 0 saturated heterocycles. The van der Waals surface area contributed by atoms with Crippen LogP contribution in [0.4, 0.5) is 5.69 Å². The number of aromatic nitrogens is 3. The molecule has 0 aliphatic heterocycles. The number of non-ortho nitro benzene ring substituents is 1. The van der Waals surface area contributed by atoms with Crippen molar-refractivity contribution in [2.75, 3.05) is 0 Å². The normalized spacial score (nSPS) is 11.1. The largest absolute Gasteiger partial charge is 0.270 e. The number of rotatable bonds is 6. The molecule has 0 amide bonds. The topological polar surface area (TPSA) is 86.2 Å². The van der Waals surface area contributed by atoms with Gasteiger partial charge in [-0.3, -0.25) is 10.1 Å². The van der Waals surface area contributed by atoms with E-state index in [4.69, 9.17) is 0 Å². The maximum Gasteiger partial charge on any atom is 0.270 e. The molecule has 8 heteroatoms. The van der Waals surface area contributed by atoms with Gasteiger partial charge in [-0.05, 0) is 12.5 Å². The zero-order valence-electron chi connectivity index (χ0n) is 13.4. The fraction of sp³-hybridized carbons (Fsp3) is 0.118. The third-order valence-corrected chi connectivity index (χ3v) is 4.41. The van der Waals surface area contributed by atoms with Crippen LogP contribution in [-0.4, -0.2) is 26.0 Å². The van der Waals surface area contributed by atoms with Crippen molar-refractivity contribution in [2.45, 2.75) is 17.8 Å². The first-order valence-electron chi connectivity index (χ1n) is 7.49. The van der Waals surface area contributed by atoms with Crippen molar-refractivity contribution >= 4 is 23.7 Å². The van der Waals surface area contributed by atoms with Gasteiger partial charge in [0, 0.05) is 23.4 Å². The lowest BCUT2D eigenvalue weighted by atomic mass is 10.2. The fourth-order valence-corrected chi connectivity index (χ4v) is 2.89. The number of benzene rings is 2. The molecule has 25 heavy (non-hydrogen) atoms. The second kappa shape index (κ2) is 7.71. The number of hydrogen-bond donors (Lipinski definition) is 0. The van der Waals surface area contributed by atoms with Crippen LogP contribution in [0, 0.1) is 17.0 Å². The number of thioether (sulfide) groups is 1. The van der Waals surface area contributed by atoms with Crippen molar-refractivity contribution in [2.24, 2.45) is 5.10 Å². The SMILES string of the molecule is Cc1ccc(CSc2nncn2/N=C\c2cccc([N+](=O)[O-])c2)cc1. The Hall–Kier alpha value is -3.00. The van der Waals surface area contributed by atoms with Gasteiger partial charge >= 0.3 is 0 Å². The molecule has 0 spiro atoms. The summed E-state index contributed by atoms with van der Waals surface area (Å²) in [5.74, 6) is 0.755. The van der Waals surface area contributed by atoms with Crippen molar-refractivity contribution in [1.29, 1.82) is 0 Å². The first kappa shape index (κ1) is 16.8. The summed E-state index contributed by atoms with van der Waals surface area (Å²) in [5.41, 5.74) is 3.07. The maximum atomic E-state index is 10.8. The smallest absolute Gasteiger partial charge is 0.258 e. The van der Waals surface area contributed by atoms with Crippen LogP contribution in [0.15, 0.2) is 65.1 Å². The fourth-order valence-electron chi connectivity index (χ4n) is 2.07. The number of nitro groups is 1. The Kier molecular flexibility index (Phi) is 5.20. The van der Waals surface area contributed by atoms with Crippen LogP contribution in [-0.2, 0) is 5.75 Å². The van der Waals surface area contributed by atoms with Crippen molar-refractivity contribution in [1.82, 2.24) is 14.9 Å². The predicted octanol–water partition coefficient (Wildman–Crippen LogP) is 3.67. The van der Waals surface area contributed by atoms with Crippen LogP contribution in [0.2, 0.25) is 0 Å². The molecule has 0 atom stereocenters. The molecule has 1 aromatic heterocycles. The summed E-state index contributed by atoms with van der Waals surface area (Å²) in [4.78, 5) is 10.4. The van der Waals surface area contributed by atoms with Crippen LogP contribution in [0.3, 0.4) is 0 Å². The number of hydrogen-bond acceptors (Lipinski definition) is 6. The highest BCUT2D eigenvalue weighted by Crippen LogP contribution is 2.21. The molecule has 0 saturated carbocycles. The predicted molar refractivity (Wildman–Crippen MR) is 96.9 cm³/mol. The molecule has 2 aromatic carbocycles. The highest BCUT2D eigenvalue weighted by Gasteiger charge is 2.06. The summed E-state index contributed by atoms with van der Waals surface area (Å²) >= 11 is 1.52. The van der Waals surface area contributed by atoms with Gasteiger partial charge in [0.05, 0.1) is 11.1 Å². The molecular weight excluding hydrogens is 338 g/mol. The third-order valence-electron chi connectivity index (χ3n) is 3.40. The summed E-state index contributed by atoms with van der Waals surface area (Å²) in [7, 11) is 0. The van der Waals surface area contributed by atoms with Gasteiger partial charge in [0.25, 0.3) is 5.69 Å². The van der Waals surface area contributed by atoms with Gasteiger partial charge in [0.15, 0.2) is 0 Å². The van der Waals surface area contributed by atoms with Gasteiger partial charge in [0.1, 0.15) is 6.33 Å². The minimum absolute atomic E-state index is 0.0293.